The van der Waals surface area contributed by atoms with Crippen LogP contribution in [0.2, 0.25) is 0 Å². The van der Waals surface area contributed by atoms with Crippen molar-refractivity contribution in [3.8, 4) is 5.88 Å². The summed E-state index contributed by atoms with van der Waals surface area (Å²) in [4.78, 5) is 4.07. The summed E-state index contributed by atoms with van der Waals surface area (Å²) in [7, 11) is 0. The van der Waals surface area contributed by atoms with Gasteiger partial charge in [-0.3, -0.25) is 0 Å². The SMILES string of the molecule is CC(C)CCCOc1ccc(/C(N)=N/O)cn1. The topological polar surface area (TPSA) is 80.7 Å². The average molecular weight is 237 g/mol. The van der Waals surface area contributed by atoms with Gasteiger partial charge in [0, 0.05) is 17.8 Å². The molecule has 1 heterocycles. The lowest BCUT2D eigenvalue weighted by molar-refractivity contribution is 0.287. The van der Waals surface area contributed by atoms with Crippen LogP contribution < -0.4 is 10.5 Å². The van der Waals surface area contributed by atoms with Crippen molar-refractivity contribution in [3.63, 3.8) is 0 Å². The fourth-order valence-corrected chi connectivity index (χ4v) is 1.34. The van der Waals surface area contributed by atoms with Crippen molar-refractivity contribution < 1.29 is 9.94 Å². The Labute approximate surface area is 101 Å². The van der Waals surface area contributed by atoms with Crippen LogP contribution >= 0.6 is 0 Å². The second kappa shape index (κ2) is 6.73. The van der Waals surface area contributed by atoms with Gasteiger partial charge >= 0.3 is 0 Å². The van der Waals surface area contributed by atoms with Gasteiger partial charge in [-0.2, -0.15) is 0 Å². The summed E-state index contributed by atoms with van der Waals surface area (Å²) in [6.45, 7) is 5.03. The van der Waals surface area contributed by atoms with Crippen LogP contribution in [0.1, 0.15) is 32.3 Å². The van der Waals surface area contributed by atoms with Crippen LogP contribution in [-0.2, 0) is 0 Å². The second-order valence-electron chi connectivity index (χ2n) is 4.25. The van der Waals surface area contributed by atoms with Crippen LogP contribution in [0.5, 0.6) is 5.88 Å². The molecule has 0 fully saturated rings. The molecule has 0 aliphatic rings. The molecular weight excluding hydrogens is 218 g/mol. The lowest BCUT2D eigenvalue weighted by atomic mass is 10.1. The minimum Gasteiger partial charge on any atom is -0.478 e. The Balaban J connectivity index is 2.41. The number of aromatic nitrogens is 1. The molecular formula is C12H19N3O2. The Morgan fingerprint density at radius 3 is 2.82 bits per heavy atom. The Hall–Kier alpha value is -1.78. The van der Waals surface area contributed by atoms with Crippen molar-refractivity contribution >= 4 is 5.84 Å². The van der Waals surface area contributed by atoms with Gasteiger partial charge in [0.1, 0.15) is 0 Å². The van der Waals surface area contributed by atoms with Crippen molar-refractivity contribution in [2.75, 3.05) is 6.61 Å². The molecule has 0 aromatic carbocycles. The summed E-state index contributed by atoms with van der Waals surface area (Å²) in [6.07, 6.45) is 3.68. The largest absolute Gasteiger partial charge is 0.478 e. The normalized spacial score (nSPS) is 11.8. The van der Waals surface area contributed by atoms with E-state index >= 15 is 0 Å². The van der Waals surface area contributed by atoms with Gasteiger partial charge in [0.15, 0.2) is 5.84 Å². The van der Waals surface area contributed by atoms with E-state index < -0.39 is 0 Å². The van der Waals surface area contributed by atoms with Crippen LogP contribution in [0, 0.1) is 5.92 Å². The van der Waals surface area contributed by atoms with Gasteiger partial charge in [0.05, 0.1) is 6.61 Å². The molecule has 5 nitrogen and oxygen atoms in total. The highest BCUT2D eigenvalue weighted by Crippen LogP contribution is 2.09. The van der Waals surface area contributed by atoms with E-state index in [2.05, 4.69) is 24.0 Å². The molecule has 17 heavy (non-hydrogen) atoms. The van der Waals surface area contributed by atoms with Gasteiger partial charge in [0.25, 0.3) is 0 Å². The van der Waals surface area contributed by atoms with E-state index in [-0.39, 0.29) is 5.84 Å². The lowest BCUT2D eigenvalue weighted by Crippen LogP contribution is -2.13. The van der Waals surface area contributed by atoms with Crippen LogP contribution in [0.15, 0.2) is 23.5 Å². The Kier molecular flexibility index (Phi) is 5.26. The number of amidine groups is 1. The van der Waals surface area contributed by atoms with Crippen LogP contribution in [-0.4, -0.2) is 22.6 Å². The molecule has 0 radical (unpaired) electrons. The van der Waals surface area contributed by atoms with Crippen molar-refractivity contribution in [1.82, 2.24) is 4.98 Å². The van der Waals surface area contributed by atoms with Crippen molar-refractivity contribution in [2.45, 2.75) is 26.7 Å². The molecule has 3 N–H and O–H groups in total. The maximum Gasteiger partial charge on any atom is 0.213 e. The van der Waals surface area contributed by atoms with Crippen molar-refractivity contribution in [2.24, 2.45) is 16.8 Å². The van der Waals surface area contributed by atoms with E-state index in [1.165, 1.54) is 6.20 Å². The monoisotopic (exact) mass is 237 g/mol. The minimum atomic E-state index is 0.0452. The highest BCUT2D eigenvalue weighted by Gasteiger charge is 2.01. The van der Waals surface area contributed by atoms with Crippen molar-refractivity contribution in [3.05, 3.63) is 23.9 Å². The number of nitrogens with two attached hydrogens (primary N) is 1. The first kappa shape index (κ1) is 13.3. The van der Waals surface area contributed by atoms with E-state index in [1.54, 1.807) is 12.1 Å². The summed E-state index contributed by atoms with van der Waals surface area (Å²) in [6, 6.07) is 3.42. The van der Waals surface area contributed by atoms with Gasteiger partial charge < -0.3 is 15.7 Å². The average Bonchev–Trinajstić information content (AvgIpc) is 2.34. The molecule has 0 saturated carbocycles. The molecule has 0 spiro atoms. The van der Waals surface area contributed by atoms with E-state index in [9.17, 15) is 0 Å². The molecule has 1 rings (SSSR count). The Morgan fingerprint density at radius 1 is 1.53 bits per heavy atom. The summed E-state index contributed by atoms with van der Waals surface area (Å²) in [5, 5.41) is 11.4. The molecule has 1 aromatic rings. The van der Waals surface area contributed by atoms with Gasteiger partial charge in [-0.05, 0) is 24.8 Å². The first-order chi connectivity index (χ1) is 8.13. The zero-order valence-electron chi connectivity index (χ0n) is 10.3. The number of rotatable bonds is 6. The fourth-order valence-electron chi connectivity index (χ4n) is 1.34. The minimum absolute atomic E-state index is 0.0452. The lowest BCUT2D eigenvalue weighted by Gasteiger charge is -2.07. The molecule has 0 amide bonds. The first-order valence-corrected chi connectivity index (χ1v) is 5.70. The van der Waals surface area contributed by atoms with Gasteiger partial charge in [-0.15, -0.1) is 0 Å². The highest BCUT2D eigenvalue weighted by molar-refractivity contribution is 5.96. The summed E-state index contributed by atoms with van der Waals surface area (Å²) >= 11 is 0. The molecule has 1 aromatic heterocycles. The van der Waals surface area contributed by atoms with Crippen molar-refractivity contribution in [1.29, 1.82) is 0 Å². The second-order valence-corrected chi connectivity index (χ2v) is 4.25. The zero-order chi connectivity index (χ0) is 12.7. The number of hydrogen-bond acceptors (Lipinski definition) is 4. The van der Waals surface area contributed by atoms with E-state index in [1.807, 2.05) is 0 Å². The summed E-state index contributed by atoms with van der Waals surface area (Å²) in [5.74, 6) is 1.29. The molecule has 0 unspecified atom stereocenters. The quantitative estimate of drug-likeness (QED) is 0.261. The number of nitrogens with zero attached hydrogens (tertiary/aromatic N) is 2. The summed E-state index contributed by atoms with van der Waals surface area (Å²) in [5.41, 5.74) is 5.99. The molecule has 94 valence electrons. The third kappa shape index (κ3) is 4.72. The predicted molar refractivity (Wildman–Crippen MR) is 66.3 cm³/mol. The van der Waals surface area contributed by atoms with Crippen LogP contribution in [0.3, 0.4) is 0 Å². The van der Waals surface area contributed by atoms with Gasteiger partial charge in [0.2, 0.25) is 5.88 Å². The van der Waals surface area contributed by atoms with E-state index in [0.29, 0.717) is 24.0 Å². The number of oxime groups is 1. The number of hydrogen-bond donors (Lipinski definition) is 2. The molecule has 0 saturated heterocycles. The Morgan fingerprint density at radius 2 is 2.29 bits per heavy atom. The molecule has 0 atom stereocenters. The number of pyridine rings is 1. The third-order valence-electron chi connectivity index (χ3n) is 2.32. The smallest absolute Gasteiger partial charge is 0.213 e. The first-order valence-electron chi connectivity index (χ1n) is 5.70. The molecule has 0 bridgehead atoms. The third-order valence-corrected chi connectivity index (χ3v) is 2.32. The maximum absolute atomic E-state index is 8.49. The van der Waals surface area contributed by atoms with E-state index in [4.69, 9.17) is 15.7 Å². The van der Waals surface area contributed by atoms with Crippen LogP contribution in [0.25, 0.3) is 0 Å². The molecule has 5 heteroatoms. The summed E-state index contributed by atoms with van der Waals surface area (Å²) < 4.78 is 5.47. The zero-order valence-corrected chi connectivity index (χ0v) is 10.3. The Bertz CT molecular complexity index is 361. The fraction of sp³-hybridized carbons (Fsp3) is 0.500. The van der Waals surface area contributed by atoms with Crippen LogP contribution in [0.4, 0.5) is 0 Å². The number of ether oxygens (including phenoxy) is 1. The predicted octanol–water partition coefficient (Wildman–Crippen LogP) is 1.99. The van der Waals surface area contributed by atoms with E-state index in [0.717, 1.165) is 12.8 Å². The molecule has 0 aliphatic carbocycles. The highest BCUT2D eigenvalue weighted by atomic mass is 16.5. The van der Waals surface area contributed by atoms with Gasteiger partial charge in [-0.1, -0.05) is 19.0 Å². The maximum atomic E-state index is 8.49. The molecule has 0 aliphatic heterocycles. The van der Waals surface area contributed by atoms with Gasteiger partial charge in [-0.25, -0.2) is 4.98 Å². The standard InChI is InChI=1S/C12H19N3O2/c1-9(2)4-3-7-17-11-6-5-10(8-14-11)12(13)15-16/h5-6,8-9,16H,3-4,7H2,1-2H3,(H2,13,15).